The molecule has 106 valence electrons. The molecule has 0 saturated carbocycles. The van der Waals surface area contributed by atoms with Gasteiger partial charge >= 0.3 is 0 Å². The van der Waals surface area contributed by atoms with Crippen molar-refractivity contribution in [2.24, 2.45) is 4.99 Å². The molecule has 0 bridgehead atoms. The summed E-state index contributed by atoms with van der Waals surface area (Å²) in [4.78, 5) is 6.60. The van der Waals surface area contributed by atoms with E-state index in [1.165, 1.54) is 0 Å². The molecule has 0 aliphatic carbocycles. The lowest BCUT2D eigenvalue weighted by molar-refractivity contribution is 0.535. The van der Waals surface area contributed by atoms with Crippen molar-refractivity contribution in [3.63, 3.8) is 0 Å². The summed E-state index contributed by atoms with van der Waals surface area (Å²) in [5.41, 5.74) is 0. The van der Waals surface area contributed by atoms with Gasteiger partial charge in [-0.1, -0.05) is 18.2 Å². The van der Waals surface area contributed by atoms with Crippen LogP contribution in [0.3, 0.4) is 0 Å². The van der Waals surface area contributed by atoms with Crippen LogP contribution in [0.5, 0.6) is 0 Å². The predicted molar refractivity (Wildman–Crippen MR) is 86.8 cm³/mol. The van der Waals surface area contributed by atoms with Crippen LogP contribution < -0.4 is 5.32 Å². The van der Waals surface area contributed by atoms with Gasteiger partial charge in [-0.3, -0.25) is 4.99 Å². The molecular weight excluding hydrogens is 377 g/mol. The van der Waals surface area contributed by atoms with E-state index in [1.807, 2.05) is 11.9 Å². The van der Waals surface area contributed by atoms with Gasteiger partial charge in [0.15, 0.2) is 15.8 Å². The predicted octanol–water partition coefficient (Wildman–Crippen LogP) is 0.969. The van der Waals surface area contributed by atoms with E-state index >= 15 is 0 Å². The molecule has 7 heteroatoms. The standard InChI is InChI=1S/C12H17N3O2S.HI/c1-15-9-7-13-12(15)14-8-10-18(16,17)11-5-3-2-4-6-11;/h2-6H,7-10H2,1H3,(H,13,14);1H. The zero-order chi connectivity index (χ0) is 13.0. The molecule has 0 spiro atoms. The molecule has 0 aromatic heterocycles. The first-order valence-electron chi connectivity index (χ1n) is 5.87. The highest BCUT2D eigenvalue weighted by Gasteiger charge is 2.16. The smallest absolute Gasteiger partial charge is 0.193 e. The minimum atomic E-state index is -3.21. The van der Waals surface area contributed by atoms with Crippen molar-refractivity contribution < 1.29 is 8.42 Å². The fourth-order valence-corrected chi connectivity index (χ4v) is 2.94. The number of benzene rings is 1. The summed E-state index contributed by atoms with van der Waals surface area (Å²) in [6.07, 6.45) is 0. The molecule has 0 amide bonds. The summed E-state index contributed by atoms with van der Waals surface area (Å²) in [5, 5.41) is 3.05. The van der Waals surface area contributed by atoms with Crippen molar-refractivity contribution in [2.45, 2.75) is 4.90 Å². The second kappa shape index (κ2) is 7.09. The summed E-state index contributed by atoms with van der Waals surface area (Å²) in [7, 11) is -1.27. The van der Waals surface area contributed by atoms with Gasteiger partial charge in [-0.2, -0.15) is 0 Å². The second-order valence-electron chi connectivity index (χ2n) is 4.19. The Balaban J connectivity index is 0.00000180. The number of rotatable bonds is 4. The average molecular weight is 395 g/mol. The summed E-state index contributed by atoms with van der Waals surface area (Å²) >= 11 is 0. The van der Waals surface area contributed by atoms with Gasteiger partial charge in [-0.25, -0.2) is 8.42 Å². The number of aliphatic imine (C=N–C) groups is 1. The van der Waals surface area contributed by atoms with E-state index < -0.39 is 9.84 Å². The molecule has 5 nitrogen and oxygen atoms in total. The maximum Gasteiger partial charge on any atom is 0.193 e. The second-order valence-corrected chi connectivity index (χ2v) is 6.29. The number of halogens is 1. The van der Waals surface area contributed by atoms with Gasteiger partial charge in [0.25, 0.3) is 0 Å². The van der Waals surface area contributed by atoms with Gasteiger partial charge in [-0.15, -0.1) is 24.0 Å². The minimum Gasteiger partial charge on any atom is -0.355 e. The highest BCUT2D eigenvalue weighted by molar-refractivity contribution is 14.0. The normalized spacial score (nSPS) is 14.8. The maximum atomic E-state index is 12.0. The average Bonchev–Trinajstić information content (AvgIpc) is 2.76. The van der Waals surface area contributed by atoms with E-state index in [0.717, 1.165) is 19.0 Å². The van der Waals surface area contributed by atoms with Gasteiger partial charge in [0.05, 0.1) is 17.2 Å². The lowest BCUT2D eigenvalue weighted by Gasteiger charge is -2.15. The van der Waals surface area contributed by atoms with Crippen LogP contribution in [0.15, 0.2) is 40.2 Å². The van der Waals surface area contributed by atoms with E-state index in [9.17, 15) is 8.42 Å². The Morgan fingerprint density at radius 1 is 1.32 bits per heavy atom. The number of sulfone groups is 1. The fourth-order valence-electron chi connectivity index (χ4n) is 1.77. The first kappa shape index (κ1) is 16.2. The van der Waals surface area contributed by atoms with Gasteiger partial charge in [-0.05, 0) is 12.1 Å². The molecule has 1 heterocycles. The molecule has 1 N–H and O–H groups in total. The number of guanidine groups is 1. The first-order valence-corrected chi connectivity index (χ1v) is 7.52. The van der Waals surface area contributed by atoms with E-state index in [2.05, 4.69) is 10.3 Å². The number of likely N-dealkylation sites (N-methyl/N-ethyl adjacent to an activating group) is 1. The molecule has 0 atom stereocenters. The molecule has 1 aromatic carbocycles. The van der Waals surface area contributed by atoms with Crippen LogP contribution in [0, 0.1) is 0 Å². The topological polar surface area (TPSA) is 61.8 Å². The van der Waals surface area contributed by atoms with Crippen molar-refractivity contribution in [3.8, 4) is 0 Å². The monoisotopic (exact) mass is 395 g/mol. The van der Waals surface area contributed by atoms with E-state index in [4.69, 9.17) is 0 Å². The Labute approximate surface area is 131 Å². The molecule has 0 radical (unpaired) electrons. The van der Waals surface area contributed by atoms with E-state index in [1.54, 1.807) is 30.3 Å². The molecule has 2 rings (SSSR count). The fraction of sp³-hybridized carbons (Fsp3) is 0.417. The molecule has 0 fully saturated rings. The van der Waals surface area contributed by atoms with E-state index in [-0.39, 0.29) is 29.7 Å². The zero-order valence-electron chi connectivity index (χ0n) is 10.7. The van der Waals surface area contributed by atoms with Crippen molar-refractivity contribution >= 4 is 39.8 Å². The Morgan fingerprint density at radius 3 is 2.58 bits per heavy atom. The van der Waals surface area contributed by atoms with Crippen molar-refractivity contribution in [1.82, 2.24) is 10.2 Å². The van der Waals surface area contributed by atoms with Crippen LogP contribution in [0.2, 0.25) is 0 Å². The summed E-state index contributed by atoms with van der Waals surface area (Å²) in [5.74, 6) is 0.849. The van der Waals surface area contributed by atoms with Crippen LogP contribution in [0.25, 0.3) is 0 Å². The SMILES string of the molecule is CN1CCN=C1NCCS(=O)(=O)c1ccccc1.I. The number of nitrogens with zero attached hydrogens (tertiary/aromatic N) is 2. The molecule has 1 aliphatic heterocycles. The number of hydrogen-bond acceptors (Lipinski definition) is 5. The van der Waals surface area contributed by atoms with Crippen LogP contribution in [-0.2, 0) is 9.84 Å². The number of nitrogens with one attached hydrogen (secondary N) is 1. The van der Waals surface area contributed by atoms with E-state index in [0.29, 0.717) is 11.4 Å². The van der Waals surface area contributed by atoms with Crippen molar-refractivity contribution in [2.75, 3.05) is 32.4 Å². The quantitative estimate of drug-likeness (QED) is 0.772. The largest absolute Gasteiger partial charge is 0.355 e. The Kier molecular flexibility index (Phi) is 6.05. The van der Waals surface area contributed by atoms with Gasteiger partial charge in [0.1, 0.15) is 0 Å². The molecule has 19 heavy (non-hydrogen) atoms. The summed E-state index contributed by atoms with van der Waals surface area (Å²) in [6.45, 7) is 2.03. The highest BCUT2D eigenvalue weighted by Crippen LogP contribution is 2.09. The van der Waals surface area contributed by atoms with Crippen molar-refractivity contribution in [3.05, 3.63) is 30.3 Å². The van der Waals surface area contributed by atoms with Crippen LogP contribution in [0.1, 0.15) is 0 Å². The molecule has 0 unspecified atom stereocenters. The van der Waals surface area contributed by atoms with Crippen LogP contribution in [-0.4, -0.2) is 51.7 Å². The van der Waals surface area contributed by atoms with Gasteiger partial charge in [0, 0.05) is 20.1 Å². The third-order valence-electron chi connectivity index (χ3n) is 2.81. The Bertz CT molecular complexity index is 531. The molecular formula is C12H18IN3O2S. The lowest BCUT2D eigenvalue weighted by atomic mass is 10.4. The van der Waals surface area contributed by atoms with Crippen LogP contribution in [0.4, 0.5) is 0 Å². The summed E-state index contributed by atoms with van der Waals surface area (Å²) < 4.78 is 24.0. The van der Waals surface area contributed by atoms with Crippen LogP contribution >= 0.6 is 24.0 Å². The Morgan fingerprint density at radius 2 is 2.00 bits per heavy atom. The van der Waals surface area contributed by atoms with Gasteiger partial charge in [0.2, 0.25) is 0 Å². The molecule has 1 aliphatic rings. The third kappa shape index (κ3) is 4.34. The van der Waals surface area contributed by atoms with Gasteiger partial charge < -0.3 is 10.2 Å². The summed E-state index contributed by atoms with van der Waals surface area (Å²) in [6, 6.07) is 8.51. The molecule has 0 saturated heterocycles. The first-order chi connectivity index (χ1) is 8.59. The molecule has 1 aromatic rings. The Hall–Kier alpha value is -0.830. The van der Waals surface area contributed by atoms with Crippen molar-refractivity contribution in [1.29, 1.82) is 0 Å². The highest BCUT2D eigenvalue weighted by atomic mass is 127. The third-order valence-corrected chi connectivity index (χ3v) is 4.55. The minimum absolute atomic E-state index is 0. The number of hydrogen-bond donors (Lipinski definition) is 1. The maximum absolute atomic E-state index is 12.0. The lowest BCUT2D eigenvalue weighted by Crippen LogP contribution is -2.38. The zero-order valence-corrected chi connectivity index (χ0v) is 13.9.